The van der Waals surface area contributed by atoms with Crippen molar-refractivity contribution in [3.8, 4) is 23.3 Å². The molecule has 0 bridgehead atoms. The fourth-order valence-corrected chi connectivity index (χ4v) is 5.98. The molecule has 3 aromatic rings. The molecule has 0 fully saturated rings. The number of nitrogens with zero attached hydrogens (tertiary/aromatic N) is 3. The van der Waals surface area contributed by atoms with Crippen molar-refractivity contribution in [3.05, 3.63) is 99.7 Å². The van der Waals surface area contributed by atoms with E-state index in [9.17, 15) is 20.1 Å². The summed E-state index contributed by atoms with van der Waals surface area (Å²) >= 11 is 3.44. The second-order valence-corrected chi connectivity index (χ2v) is 10.1. The monoisotopic (exact) mass is 581 g/mol. The Labute approximate surface area is 235 Å². The van der Waals surface area contributed by atoms with E-state index in [1.807, 2.05) is 48.5 Å². The van der Waals surface area contributed by atoms with Gasteiger partial charge in [0, 0.05) is 15.7 Å². The van der Waals surface area contributed by atoms with Gasteiger partial charge in [0.1, 0.15) is 5.70 Å². The molecule has 0 saturated carbocycles. The molecule has 0 spiro atoms. The number of rotatable bonds is 5. The molecule has 2 heterocycles. The van der Waals surface area contributed by atoms with E-state index in [0.717, 1.165) is 15.6 Å². The summed E-state index contributed by atoms with van der Waals surface area (Å²) in [5, 5.41) is 21.8. The summed E-state index contributed by atoms with van der Waals surface area (Å²) in [6, 6.07) is 25.7. The number of halogens is 1. The third-order valence-electron chi connectivity index (χ3n) is 7.18. The highest BCUT2D eigenvalue weighted by atomic mass is 79.9. The van der Waals surface area contributed by atoms with Crippen LogP contribution < -0.4 is 4.90 Å². The largest absolute Gasteiger partial charge is 0.463 e. The van der Waals surface area contributed by atoms with Gasteiger partial charge in [0.05, 0.1) is 42.9 Å². The molecule has 2 atom stereocenters. The van der Waals surface area contributed by atoms with Crippen molar-refractivity contribution in [1.29, 1.82) is 10.5 Å². The number of esters is 2. The average Bonchev–Trinajstić information content (AvgIpc) is 2.96. The van der Waals surface area contributed by atoms with Crippen LogP contribution in [0.1, 0.15) is 36.9 Å². The van der Waals surface area contributed by atoms with E-state index in [-0.39, 0.29) is 24.5 Å². The number of ether oxygens (including phenoxy) is 2. The van der Waals surface area contributed by atoms with Crippen LogP contribution in [0.4, 0.5) is 5.69 Å². The standard InChI is InChI=1S/C31H24BrN3O4/c1-3-38-29(36)25-26(19-13-15-20(32)16-14-19)31(17-33,18-34)28-23-11-6-5-9-21(23)22-10-7-8-12-24(22)35(28)27(25)30(37)39-4-2/h5-16,26,28H,3-4H2,1-2H3. The van der Waals surface area contributed by atoms with Crippen molar-refractivity contribution >= 4 is 33.6 Å². The molecule has 0 radical (unpaired) electrons. The molecular formula is C31H24BrN3O4. The van der Waals surface area contributed by atoms with Gasteiger partial charge in [-0.25, -0.2) is 9.59 Å². The Balaban J connectivity index is 1.98. The fourth-order valence-electron chi connectivity index (χ4n) is 5.71. The summed E-state index contributed by atoms with van der Waals surface area (Å²) in [5.41, 5.74) is 1.55. The Bertz CT molecular complexity index is 1570. The van der Waals surface area contributed by atoms with E-state index < -0.39 is 29.3 Å². The number of carbonyl (C=O) groups is 2. The predicted molar refractivity (Wildman–Crippen MR) is 148 cm³/mol. The van der Waals surface area contributed by atoms with Gasteiger partial charge < -0.3 is 14.4 Å². The number of benzene rings is 3. The van der Waals surface area contributed by atoms with Crippen molar-refractivity contribution in [3.63, 3.8) is 0 Å². The number of para-hydroxylation sites is 1. The Hall–Kier alpha value is -4.40. The zero-order chi connectivity index (χ0) is 27.7. The molecule has 0 saturated heterocycles. The van der Waals surface area contributed by atoms with Gasteiger partial charge >= 0.3 is 11.9 Å². The van der Waals surface area contributed by atoms with Gasteiger partial charge in [0.25, 0.3) is 0 Å². The SMILES string of the molecule is CCOC(=O)C1=C(C(=O)OCC)N2c3ccccc3-c3ccccc3C2C(C#N)(C#N)C1c1ccc(Br)cc1. The van der Waals surface area contributed by atoms with Crippen molar-refractivity contribution in [2.75, 3.05) is 18.1 Å². The number of fused-ring (bicyclic) bond motifs is 6. The maximum atomic E-state index is 13.8. The summed E-state index contributed by atoms with van der Waals surface area (Å²) in [5.74, 6) is -2.62. The lowest BCUT2D eigenvalue weighted by Crippen LogP contribution is -2.52. The lowest BCUT2D eigenvalue weighted by atomic mass is 9.59. The Morgan fingerprint density at radius 1 is 0.872 bits per heavy atom. The van der Waals surface area contributed by atoms with Crippen molar-refractivity contribution < 1.29 is 19.1 Å². The maximum absolute atomic E-state index is 13.8. The number of carbonyl (C=O) groups excluding carboxylic acids is 2. The molecule has 0 aliphatic carbocycles. The highest BCUT2D eigenvalue weighted by molar-refractivity contribution is 9.10. The third kappa shape index (κ3) is 4.00. The maximum Gasteiger partial charge on any atom is 0.355 e. The number of hydrogen-bond donors (Lipinski definition) is 0. The molecule has 5 rings (SSSR count). The summed E-state index contributed by atoms with van der Waals surface area (Å²) in [6.07, 6.45) is 0. The molecular weight excluding hydrogens is 558 g/mol. The van der Waals surface area contributed by atoms with Crippen LogP contribution in [0, 0.1) is 28.1 Å². The molecule has 2 aliphatic heterocycles. The molecule has 39 heavy (non-hydrogen) atoms. The first-order valence-corrected chi connectivity index (χ1v) is 13.4. The normalized spacial score (nSPS) is 18.5. The van der Waals surface area contributed by atoms with Gasteiger partial charge in [-0.1, -0.05) is 70.5 Å². The van der Waals surface area contributed by atoms with E-state index in [1.165, 1.54) is 0 Å². The molecule has 194 valence electrons. The van der Waals surface area contributed by atoms with Crippen LogP contribution in [0.25, 0.3) is 11.1 Å². The first-order chi connectivity index (χ1) is 18.9. The van der Waals surface area contributed by atoms with Crippen LogP contribution >= 0.6 is 15.9 Å². The van der Waals surface area contributed by atoms with Gasteiger partial charge in [0.2, 0.25) is 0 Å². The number of nitriles is 2. The van der Waals surface area contributed by atoms with Crippen molar-refractivity contribution in [1.82, 2.24) is 0 Å². The lowest BCUT2D eigenvalue weighted by Gasteiger charge is -2.51. The first-order valence-electron chi connectivity index (χ1n) is 12.6. The van der Waals surface area contributed by atoms with Crippen LogP contribution in [0.2, 0.25) is 0 Å². The van der Waals surface area contributed by atoms with Crippen LogP contribution in [-0.2, 0) is 19.1 Å². The Morgan fingerprint density at radius 2 is 1.46 bits per heavy atom. The molecule has 3 aromatic carbocycles. The highest BCUT2D eigenvalue weighted by Crippen LogP contribution is 2.62. The molecule has 7 nitrogen and oxygen atoms in total. The number of hydrogen-bond acceptors (Lipinski definition) is 7. The van der Waals surface area contributed by atoms with Gasteiger partial charge in [0.15, 0.2) is 5.41 Å². The Morgan fingerprint density at radius 3 is 2.10 bits per heavy atom. The molecule has 0 aromatic heterocycles. The first kappa shape index (κ1) is 26.2. The zero-order valence-electron chi connectivity index (χ0n) is 21.3. The molecule has 2 aliphatic rings. The molecule has 8 heteroatoms. The van der Waals surface area contributed by atoms with Gasteiger partial charge in [-0.3, -0.25) is 0 Å². The van der Waals surface area contributed by atoms with E-state index in [1.54, 1.807) is 43.0 Å². The van der Waals surface area contributed by atoms with Gasteiger partial charge in [-0.15, -0.1) is 0 Å². The second kappa shape index (κ2) is 10.4. The van der Waals surface area contributed by atoms with Crippen LogP contribution in [0.15, 0.2) is 88.5 Å². The quantitative estimate of drug-likeness (QED) is 0.331. The highest BCUT2D eigenvalue weighted by Gasteiger charge is 2.61. The molecule has 0 amide bonds. The summed E-state index contributed by atoms with van der Waals surface area (Å²) < 4.78 is 11.8. The average molecular weight is 582 g/mol. The zero-order valence-corrected chi connectivity index (χ0v) is 22.9. The number of anilines is 1. The Kier molecular flexibility index (Phi) is 6.99. The van der Waals surface area contributed by atoms with Crippen LogP contribution in [-0.4, -0.2) is 25.2 Å². The summed E-state index contributed by atoms with van der Waals surface area (Å²) in [6.45, 7) is 3.46. The minimum atomic E-state index is -1.82. The van der Waals surface area contributed by atoms with Crippen molar-refractivity contribution in [2.24, 2.45) is 5.41 Å². The van der Waals surface area contributed by atoms with E-state index >= 15 is 0 Å². The lowest BCUT2D eigenvalue weighted by molar-refractivity contribution is -0.142. The second-order valence-electron chi connectivity index (χ2n) is 9.16. The van der Waals surface area contributed by atoms with Crippen LogP contribution in [0.3, 0.4) is 0 Å². The fraction of sp³-hybridized carbons (Fsp3) is 0.226. The smallest absolute Gasteiger partial charge is 0.355 e. The summed E-state index contributed by atoms with van der Waals surface area (Å²) in [7, 11) is 0. The van der Waals surface area contributed by atoms with Gasteiger partial charge in [-0.2, -0.15) is 10.5 Å². The van der Waals surface area contributed by atoms with Gasteiger partial charge in [-0.05, 0) is 48.7 Å². The molecule has 0 N–H and O–H groups in total. The minimum absolute atomic E-state index is 0.0312. The van der Waals surface area contributed by atoms with E-state index in [0.29, 0.717) is 16.8 Å². The minimum Gasteiger partial charge on any atom is -0.463 e. The van der Waals surface area contributed by atoms with Crippen molar-refractivity contribution in [2.45, 2.75) is 25.8 Å². The van der Waals surface area contributed by atoms with E-state index in [4.69, 9.17) is 9.47 Å². The van der Waals surface area contributed by atoms with E-state index in [2.05, 4.69) is 28.1 Å². The topological polar surface area (TPSA) is 103 Å². The third-order valence-corrected chi connectivity index (χ3v) is 7.70. The predicted octanol–water partition coefficient (Wildman–Crippen LogP) is 6.19. The molecule has 2 unspecified atom stereocenters. The van der Waals surface area contributed by atoms with Crippen LogP contribution in [0.5, 0.6) is 0 Å². The summed E-state index contributed by atoms with van der Waals surface area (Å²) in [4.78, 5) is 29.2.